The van der Waals surface area contributed by atoms with Crippen molar-refractivity contribution in [3.05, 3.63) is 53.6 Å². The minimum atomic E-state index is -0.195. The Hall–Kier alpha value is -3.35. The second-order valence-corrected chi connectivity index (χ2v) is 7.05. The highest BCUT2D eigenvalue weighted by molar-refractivity contribution is 6.02. The fourth-order valence-electron chi connectivity index (χ4n) is 3.25. The number of rotatable bonds is 9. The molecule has 0 radical (unpaired) electrons. The summed E-state index contributed by atoms with van der Waals surface area (Å²) in [5, 5.41) is 2.74. The van der Waals surface area contributed by atoms with Crippen molar-refractivity contribution in [3.8, 4) is 11.5 Å². The van der Waals surface area contributed by atoms with E-state index in [2.05, 4.69) is 5.32 Å². The summed E-state index contributed by atoms with van der Waals surface area (Å²) >= 11 is 0. The maximum Gasteiger partial charge on any atom is 0.265 e. The van der Waals surface area contributed by atoms with Crippen LogP contribution < -0.4 is 19.7 Å². The van der Waals surface area contributed by atoms with Gasteiger partial charge in [0.1, 0.15) is 11.5 Å². The second kappa shape index (κ2) is 9.91. The topological polar surface area (TPSA) is 84.9 Å². The van der Waals surface area contributed by atoms with E-state index < -0.39 is 0 Å². The smallest absolute Gasteiger partial charge is 0.265 e. The average Bonchev–Trinajstić information content (AvgIpc) is 2.74. The van der Waals surface area contributed by atoms with Gasteiger partial charge < -0.3 is 19.7 Å². The quantitative estimate of drug-likeness (QED) is 0.643. The number of benzene rings is 2. The van der Waals surface area contributed by atoms with E-state index in [1.807, 2.05) is 38.1 Å². The lowest BCUT2D eigenvalue weighted by Crippen LogP contribution is -2.40. The molecule has 0 aliphatic carbocycles. The van der Waals surface area contributed by atoms with Crippen molar-refractivity contribution >= 4 is 23.3 Å². The van der Waals surface area contributed by atoms with Gasteiger partial charge in [0.25, 0.3) is 5.91 Å². The van der Waals surface area contributed by atoms with Crippen LogP contribution in [0.4, 0.5) is 5.69 Å². The molecule has 0 aromatic heterocycles. The number of para-hydroxylation sites is 1. The molecule has 2 amide bonds. The standard InChI is InChI=1S/C23H26N2O5/c1-3-24-22(27)9-6-12-25-18-13-17(10-11-21(18)30-15-23(25)28)19(26)14-29-20-8-5-4-7-16(20)2/h4-5,7-8,10-11,13H,3,6,9,12,14-15H2,1-2H3,(H,24,27). The third-order valence-corrected chi connectivity index (χ3v) is 4.84. The number of aryl methyl sites for hydroxylation is 1. The minimum absolute atomic E-state index is 0.0456. The molecule has 2 aromatic carbocycles. The highest BCUT2D eigenvalue weighted by Crippen LogP contribution is 2.33. The van der Waals surface area contributed by atoms with Crippen LogP contribution in [0.1, 0.15) is 35.7 Å². The van der Waals surface area contributed by atoms with Crippen LogP contribution >= 0.6 is 0 Å². The zero-order valence-corrected chi connectivity index (χ0v) is 17.3. The van der Waals surface area contributed by atoms with Crippen LogP contribution in [0.3, 0.4) is 0 Å². The predicted octanol–water partition coefficient (Wildman–Crippen LogP) is 2.90. The van der Waals surface area contributed by atoms with Crippen molar-refractivity contribution < 1.29 is 23.9 Å². The van der Waals surface area contributed by atoms with Crippen LogP contribution in [-0.4, -0.2) is 43.9 Å². The Morgan fingerprint density at radius 3 is 2.77 bits per heavy atom. The van der Waals surface area contributed by atoms with Gasteiger partial charge in [0.2, 0.25) is 5.91 Å². The fourth-order valence-corrected chi connectivity index (χ4v) is 3.25. The third-order valence-electron chi connectivity index (χ3n) is 4.84. The number of nitrogens with zero attached hydrogens (tertiary/aromatic N) is 1. The van der Waals surface area contributed by atoms with Gasteiger partial charge in [0.05, 0.1) is 5.69 Å². The highest BCUT2D eigenvalue weighted by Gasteiger charge is 2.26. The Morgan fingerprint density at radius 2 is 2.00 bits per heavy atom. The monoisotopic (exact) mass is 410 g/mol. The van der Waals surface area contributed by atoms with Crippen molar-refractivity contribution in [2.75, 3.05) is 31.2 Å². The van der Waals surface area contributed by atoms with Crippen LogP contribution in [0.2, 0.25) is 0 Å². The molecule has 0 saturated heterocycles. The zero-order valence-electron chi connectivity index (χ0n) is 17.3. The fraction of sp³-hybridized carbons (Fsp3) is 0.348. The van der Waals surface area contributed by atoms with Crippen LogP contribution in [0.5, 0.6) is 11.5 Å². The lowest BCUT2D eigenvalue weighted by molar-refractivity contribution is -0.122. The normalized spacial score (nSPS) is 12.7. The molecule has 0 spiro atoms. The molecule has 1 aliphatic rings. The van der Waals surface area contributed by atoms with Gasteiger partial charge in [-0.3, -0.25) is 14.4 Å². The molecule has 0 unspecified atom stereocenters. The number of carbonyl (C=O) groups excluding carboxylic acids is 3. The molecule has 0 bridgehead atoms. The van der Waals surface area contributed by atoms with E-state index in [0.717, 1.165) is 5.56 Å². The van der Waals surface area contributed by atoms with Gasteiger partial charge in [0, 0.05) is 25.1 Å². The summed E-state index contributed by atoms with van der Waals surface area (Å²) in [5.41, 5.74) is 1.94. The molecule has 1 heterocycles. The maximum absolute atomic E-state index is 12.7. The number of hydrogen-bond acceptors (Lipinski definition) is 5. The summed E-state index contributed by atoms with van der Waals surface area (Å²) in [4.78, 5) is 38.3. The molecule has 0 saturated carbocycles. The lowest BCUT2D eigenvalue weighted by atomic mass is 10.1. The zero-order chi connectivity index (χ0) is 21.5. The minimum Gasteiger partial charge on any atom is -0.485 e. The Balaban J connectivity index is 1.69. The number of fused-ring (bicyclic) bond motifs is 1. The van der Waals surface area contributed by atoms with Crippen molar-refractivity contribution in [1.29, 1.82) is 0 Å². The van der Waals surface area contributed by atoms with Gasteiger partial charge >= 0.3 is 0 Å². The molecule has 30 heavy (non-hydrogen) atoms. The first-order valence-electron chi connectivity index (χ1n) is 10.0. The van der Waals surface area contributed by atoms with E-state index in [4.69, 9.17) is 9.47 Å². The Kier molecular flexibility index (Phi) is 7.06. The van der Waals surface area contributed by atoms with Gasteiger partial charge in [-0.05, 0) is 50.1 Å². The van der Waals surface area contributed by atoms with Gasteiger partial charge in [-0.1, -0.05) is 18.2 Å². The van der Waals surface area contributed by atoms with E-state index in [-0.39, 0.29) is 30.8 Å². The first-order valence-corrected chi connectivity index (χ1v) is 10.0. The number of carbonyl (C=O) groups is 3. The largest absolute Gasteiger partial charge is 0.485 e. The van der Waals surface area contributed by atoms with Crippen LogP contribution in [-0.2, 0) is 9.59 Å². The summed E-state index contributed by atoms with van der Waals surface area (Å²) in [6, 6.07) is 12.5. The molecule has 7 heteroatoms. The number of ketones is 1. The van der Waals surface area contributed by atoms with Gasteiger partial charge in [-0.2, -0.15) is 0 Å². The van der Waals surface area contributed by atoms with E-state index in [0.29, 0.717) is 48.7 Å². The molecule has 3 rings (SSSR count). The number of nitrogens with one attached hydrogen (secondary N) is 1. The first-order chi connectivity index (χ1) is 14.5. The first kappa shape index (κ1) is 21.4. The van der Waals surface area contributed by atoms with Crippen molar-refractivity contribution in [2.45, 2.75) is 26.7 Å². The molecule has 2 aromatic rings. The number of anilines is 1. The second-order valence-electron chi connectivity index (χ2n) is 7.05. The van der Waals surface area contributed by atoms with E-state index in [1.165, 1.54) is 0 Å². The van der Waals surface area contributed by atoms with Gasteiger partial charge in [-0.15, -0.1) is 0 Å². The molecule has 0 fully saturated rings. The van der Waals surface area contributed by atoms with Gasteiger partial charge in [0.15, 0.2) is 19.0 Å². The van der Waals surface area contributed by atoms with Crippen LogP contribution in [0.15, 0.2) is 42.5 Å². The summed E-state index contributed by atoms with van der Waals surface area (Å²) < 4.78 is 11.2. The molecule has 1 aliphatic heterocycles. The average molecular weight is 410 g/mol. The molecular weight excluding hydrogens is 384 g/mol. The number of Topliss-reactive ketones (excluding diaryl/α,β-unsaturated/α-hetero) is 1. The molecule has 0 atom stereocenters. The summed E-state index contributed by atoms with van der Waals surface area (Å²) in [6.07, 6.45) is 0.849. The number of ether oxygens (including phenoxy) is 2. The molecular formula is C23H26N2O5. The maximum atomic E-state index is 12.7. The molecule has 7 nitrogen and oxygen atoms in total. The molecule has 158 valence electrons. The van der Waals surface area contributed by atoms with Crippen molar-refractivity contribution in [2.24, 2.45) is 0 Å². The summed E-state index contributed by atoms with van der Waals surface area (Å²) in [6.45, 7) is 4.58. The van der Waals surface area contributed by atoms with E-state index in [1.54, 1.807) is 23.1 Å². The Bertz CT molecular complexity index is 941. The third kappa shape index (κ3) is 5.17. The number of hydrogen-bond donors (Lipinski definition) is 1. The Labute approximate surface area is 176 Å². The SMILES string of the molecule is CCNC(=O)CCCN1C(=O)COc2ccc(C(=O)COc3ccccc3C)cc21. The summed E-state index contributed by atoms with van der Waals surface area (Å²) in [7, 11) is 0. The lowest BCUT2D eigenvalue weighted by Gasteiger charge is -2.29. The highest BCUT2D eigenvalue weighted by atomic mass is 16.5. The number of amides is 2. The molecule has 1 N–H and O–H groups in total. The van der Waals surface area contributed by atoms with Crippen LogP contribution in [0, 0.1) is 6.92 Å². The van der Waals surface area contributed by atoms with Gasteiger partial charge in [-0.25, -0.2) is 0 Å². The predicted molar refractivity (Wildman–Crippen MR) is 113 cm³/mol. The summed E-state index contributed by atoms with van der Waals surface area (Å²) in [5.74, 6) is 0.773. The van der Waals surface area contributed by atoms with E-state index >= 15 is 0 Å². The van der Waals surface area contributed by atoms with Crippen LogP contribution in [0.25, 0.3) is 0 Å². The van der Waals surface area contributed by atoms with Crippen molar-refractivity contribution in [3.63, 3.8) is 0 Å². The Morgan fingerprint density at radius 1 is 1.20 bits per heavy atom. The van der Waals surface area contributed by atoms with E-state index in [9.17, 15) is 14.4 Å². The van der Waals surface area contributed by atoms with Crippen molar-refractivity contribution in [1.82, 2.24) is 5.32 Å².